The molecule has 0 aromatic heterocycles. The first-order valence-electron chi connectivity index (χ1n) is 7.61. The maximum absolute atomic E-state index is 5.88. The van der Waals surface area contributed by atoms with Crippen LogP contribution in [0.1, 0.15) is 13.3 Å². The fraction of sp³-hybridized carbons (Fsp3) is 0.625. The number of ether oxygens (including phenoxy) is 1. The van der Waals surface area contributed by atoms with Gasteiger partial charge in [0.15, 0.2) is 0 Å². The number of rotatable bonds is 5. The molecule has 2 heterocycles. The SMILES string of the molecule is CCC1C2CNCC2CN1CCOc1cccc(Br)c1. The van der Waals surface area contributed by atoms with E-state index in [1.165, 1.54) is 26.1 Å². The van der Waals surface area contributed by atoms with Crippen molar-refractivity contribution in [2.75, 3.05) is 32.8 Å². The molecule has 3 nitrogen and oxygen atoms in total. The number of hydrogen-bond donors (Lipinski definition) is 1. The third-order valence-electron chi connectivity index (χ3n) is 4.69. The van der Waals surface area contributed by atoms with Gasteiger partial charge in [0.05, 0.1) is 0 Å². The number of halogens is 1. The molecule has 3 unspecified atom stereocenters. The van der Waals surface area contributed by atoms with Crippen LogP contribution in [0.15, 0.2) is 28.7 Å². The van der Waals surface area contributed by atoms with E-state index in [-0.39, 0.29) is 0 Å². The fourth-order valence-corrected chi connectivity index (χ4v) is 4.14. The zero-order valence-corrected chi connectivity index (χ0v) is 13.6. The fourth-order valence-electron chi connectivity index (χ4n) is 3.77. The minimum atomic E-state index is 0.737. The van der Waals surface area contributed by atoms with Crippen LogP contribution < -0.4 is 10.1 Å². The summed E-state index contributed by atoms with van der Waals surface area (Å²) in [5.41, 5.74) is 0. The summed E-state index contributed by atoms with van der Waals surface area (Å²) in [5.74, 6) is 2.66. The van der Waals surface area contributed by atoms with Crippen LogP contribution in [0.2, 0.25) is 0 Å². The molecule has 3 atom stereocenters. The predicted octanol–water partition coefficient (Wildman–Crippen LogP) is 2.76. The Hall–Kier alpha value is -0.580. The highest BCUT2D eigenvalue weighted by Gasteiger charge is 2.42. The van der Waals surface area contributed by atoms with Gasteiger partial charge in [-0.15, -0.1) is 0 Å². The second-order valence-electron chi connectivity index (χ2n) is 5.86. The number of hydrogen-bond acceptors (Lipinski definition) is 3. The topological polar surface area (TPSA) is 24.5 Å². The van der Waals surface area contributed by atoms with Crippen LogP contribution in [-0.2, 0) is 0 Å². The van der Waals surface area contributed by atoms with Crippen molar-refractivity contribution in [3.05, 3.63) is 28.7 Å². The molecule has 20 heavy (non-hydrogen) atoms. The normalized spacial score (nSPS) is 29.6. The molecule has 0 bridgehead atoms. The standard InChI is InChI=1S/C16H23BrN2O/c1-2-16-15-10-18-9-12(15)11-19(16)6-7-20-14-5-3-4-13(17)8-14/h3-5,8,12,15-16,18H,2,6-7,9-11H2,1H3. The lowest BCUT2D eigenvalue weighted by atomic mass is 9.93. The Kier molecular flexibility index (Phi) is 4.64. The minimum Gasteiger partial charge on any atom is -0.492 e. The van der Waals surface area contributed by atoms with Gasteiger partial charge < -0.3 is 10.1 Å². The van der Waals surface area contributed by atoms with Crippen LogP contribution in [0.4, 0.5) is 0 Å². The van der Waals surface area contributed by atoms with Gasteiger partial charge in [-0.25, -0.2) is 0 Å². The van der Waals surface area contributed by atoms with E-state index in [1.807, 2.05) is 24.3 Å². The summed E-state index contributed by atoms with van der Waals surface area (Å²) >= 11 is 3.48. The van der Waals surface area contributed by atoms with Gasteiger partial charge in [0.1, 0.15) is 12.4 Å². The molecule has 0 saturated carbocycles. The first-order valence-corrected chi connectivity index (χ1v) is 8.40. The molecule has 2 aliphatic rings. The molecule has 2 fully saturated rings. The maximum Gasteiger partial charge on any atom is 0.120 e. The Bertz CT molecular complexity index is 454. The van der Waals surface area contributed by atoms with E-state index in [0.717, 1.165) is 41.3 Å². The summed E-state index contributed by atoms with van der Waals surface area (Å²) < 4.78 is 6.95. The van der Waals surface area contributed by atoms with Gasteiger partial charge >= 0.3 is 0 Å². The highest BCUT2D eigenvalue weighted by Crippen LogP contribution is 2.33. The molecule has 4 heteroatoms. The molecule has 0 aliphatic carbocycles. The van der Waals surface area contributed by atoms with Crippen molar-refractivity contribution < 1.29 is 4.74 Å². The zero-order chi connectivity index (χ0) is 13.9. The second-order valence-corrected chi connectivity index (χ2v) is 6.77. The van der Waals surface area contributed by atoms with Gasteiger partial charge in [0.25, 0.3) is 0 Å². The summed E-state index contributed by atoms with van der Waals surface area (Å²) in [6.07, 6.45) is 1.25. The van der Waals surface area contributed by atoms with Gasteiger partial charge in [-0.05, 0) is 49.5 Å². The molecule has 1 aromatic rings. The second kappa shape index (κ2) is 6.46. The highest BCUT2D eigenvalue weighted by atomic mass is 79.9. The quantitative estimate of drug-likeness (QED) is 0.893. The number of nitrogens with one attached hydrogen (secondary N) is 1. The molecule has 1 N–H and O–H groups in total. The van der Waals surface area contributed by atoms with Crippen LogP contribution in [0.3, 0.4) is 0 Å². The lowest BCUT2D eigenvalue weighted by molar-refractivity contribution is 0.176. The summed E-state index contributed by atoms with van der Waals surface area (Å²) in [6, 6.07) is 8.82. The molecule has 1 aromatic carbocycles. The summed E-state index contributed by atoms with van der Waals surface area (Å²) in [6.45, 7) is 7.76. The molecular weight excluding hydrogens is 316 g/mol. The van der Waals surface area contributed by atoms with Gasteiger partial charge in [0, 0.05) is 23.6 Å². The number of nitrogens with zero attached hydrogens (tertiary/aromatic N) is 1. The van der Waals surface area contributed by atoms with Crippen molar-refractivity contribution in [1.82, 2.24) is 10.2 Å². The smallest absolute Gasteiger partial charge is 0.120 e. The number of fused-ring (bicyclic) bond motifs is 1. The predicted molar refractivity (Wildman–Crippen MR) is 85.1 cm³/mol. The lowest BCUT2D eigenvalue weighted by Gasteiger charge is -2.26. The van der Waals surface area contributed by atoms with Gasteiger partial charge in [-0.3, -0.25) is 4.90 Å². The van der Waals surface area contributed by atoms with Gasteiger partial charge in [0.2, 0.25) is 0 Å². The van der Waals surface area contributed by atoms with Gasteiger partial charge in [-0.1, -0.05) is 28.9 Å². The Morgan fingerprint density at radius 2 is 2.30 bits per heavy atom. The number of likely N-dealkylation sites (tertiary alicyclic amines) is 1. The molecule has 0 amide bonds. The third-order valence-corrected chi connectivity index (χ3v) is 5.18. The molecule has 3 rings (SSSR count). The Balaban J connectivity index is 1.51. The van der Waals surface area contributed by atoms with Crippen molar-refractivity contribution in [3.8, 4) is 5.75 Å². The van der Waals surface area contributed by atoms with E-state index < -0.39 is 0 Å². The van der Waals surface area contributed by atoms with Crippen LogP contribution >= 0.6 is 15.9 Å². The summed E-state index contributed by atoms with van der Waals surface area (Å²) in [5, 5.41) is 3.53. The van der Waals surface area contributed by atoms with E-state index in [9.17, 15) is 0 Å². The van der Waals surface area contributed by atoms with Crippen molar-refractivity contribution in [3.63, 3.8) is 0 Å². The first kappa shape index (κ1) is 14.4. The molecule has 2 aliphatic heterocycles. The van der Waals surface area contributed by atoms with Crippen molar-refractivity contribution in [1.29, 1.82) is 0 Å². The molecule has 110 valence electrons. The average Bonchev–Trinajstić information content (AvgIpc) is 2.99. The molecule has 2 saturated heterocycles. The highest BCUT2D eigenvalue weighted by molar-refractivity contribution is 9.10. The van der Waals surface area contributed by atoms with Crippen molar-refractivity contribution >= 4 is 15.9 Å². The Morgan fingerprint density at radius 1 is 1.40 bits per heavy atom. The summed E-state index contributed by atoms with van der Waals surface area (Å²) in [7, 11) is 0. The van der Waals surface area contributed by atoms with Crippen LogP contribution in [0.5, 0.6) is 5.75 Å². The van der Waals surface area contributed by atoms with Gasteiger partial charge in [-0.2, -0.15) is 0 Å². The lowest BCUT2D eigenvalue weighted by Crippen LogP contribution is -2.37. The molecule has 0 radical (unpaired) electrons. The van der Waals surface area contributed by atoms with E-state index in [2.05, 4.69) is 33.1 Å². The zero-order valence-electron chi connectivity index (χ0n) is 12.0. The minimum absolute atomic E-state index is 0.737. The average molecular weight is 339 g/mol. The van der Waals surface area contributed by atoms with E-state index in [1.54, 1.807) is 0 Å². The summed E-state index contributed by atoms with van der Waals surface area (Å²) in [4.78, 5) is 2.63. The van der Waals surface area contributed by atoms with E-state index >= 15 is 0 Å². The Labute approximate surface area is 129 Å². The maximum atomic E-state index is 5.88. The number of benzene rings is 1. The van der Waals surface area contributed by atoms with E-state index in [0.29, 0.717) is 0 Å². The third kappa shape index (κ3) is 3.02. The van der Waals surface area contributed by atoms with E-state index in [4.69, 9.17) is 4.74 Å². The van der Waals surface area contributed by atoms with Crippen LogP contribution in [0, 0.1) is 11.8 Å². The molecule has 0 spiro atoms. The van der Waals surface area contributed by atoms with Crippen LogP contribution in [-0.4, -0.2) is 43.7 Å². The molecular formula is C16H23BrN2O. The monoisotopic (exact) mass is 338 g/mol. The van der Waals surface area contributed by atoms with Crippen LogP contribution in [0.25, 0.3) is 0 Å². The van der Waals surface area contributed by atoms with Crippen molar-refractivity contribution in [2.24, 2.45) is 11.8 Å². The Morgan fingerprint density at radius 3 is 3.10 bits per heavy atom. The largest absolute Gasteiger partial charge is 0.492 e. The first-order chi connectivity index (χ1) is 9.78. The van der Waals surface area contributed by atoms with Crippen molar-refractivity contribution in [2.45, 2.75) is 19.4 Å².